The fourth-order valence-corrected chi connectivity index (χ4v) is 5.79. The highest BCUT2D eigenvalue weighted by Gasteiger charge is 2.40. The topological polar surface area (TPSA) is 174 Å². The summed E-state index contributed by atoms with van der Waals surface area (Å²) in [6.45, 7) is -0.197. The Morgan fingerprint density at radius 2 is 1.95 bits per heavy atom. The molecule has 204 valence electrons. The fraction of sp³-hybridized carbons (Fsp3) is 0.462. The summed E-state index contributed by atoms with van der Waals surface area (Å²) in [4.78, 5) is 15.5. The molecule has 6 rings (SSSR count). The summed E-state index contributed by atoms with van der Waals surface area (Å²) < 4.78 is 8.93. The van der Waals surface area contributed by atoms with Crippen molar-refractivity contribution in [2.45, 2.75) is 75.5 Å². The van der Waals surface area contributed by atoms with Crippen molar-refractivity contribution in [3.8, 4) is 11.3 Å². The van der Waals surface area contributed by atoms with Crippen LogP contribution in [0.5, 0.6) is 0 Å². The first-order valence-corrected chi connectivity index (χ1v) is 13.2. The zero-order chi connectivity index (χ0) is 26.9. The third-order valence-corrected chi connectivity index (χ3v) is 7.81. The van der Waals surface area contributed by atoms with Gasteiger partial charge in [0.15, 0.2) is 17.7 Å². The molecule has 1 aromatic carbocycles. The third kappa shape index (κ3) is 4.95. The molecule has 2 aliphatic carbocycles. The van der Waals surface area contributed by atoms with Crippen molar-refractivity contribution >= 4 is 5.91 Å². The number of aliphatic hydroxyl groups excluding tert-OH is 2. The van der Waals surface area contributed by atoms with Crippen LogP contribution in [0.3, 0.4) is 0 Å². The molecule has 4 N–H and O–H groups in total. The second-order valence-corrected chi connectivity index (χ2v) is 10.3. The van der Waals surface area contributed by atoms with Crippen LogP contribution < -0.4 is 5.73 Å². The van der Waals surface area contributed by atoms with E-state index in [1.165, 1.54) is 11.1 Å². The lowest BCUT2D eigenvalue weighted by molar-refractivity contribution is -0.0197. The molecular weight excluding hydrogens is 502 g/mol. The van der Waals surface area contributed by atoms with Gasteiger partial charge in [-0.25, -0.2) is 9.36 Å². The molecule has 2 aliphatic rings. The molecule has 0 bridgehead atoms. The summed E-state index contributed by atoms with van der Waals surface area (Å²) in [6, 6.07) is 10.7. The first kappa shape index (κ1) is 25.3. The quantitative estimate of drug-likeness (QED) is 0.284. The number of nitrogens with zero attached hydrogens (tertiary/aromatic N) is 8. The van der Waals surface area contributed by atoms with Crippen LogP contribution in [-0.4, -0.2) is 68.2 Å². The van der Waals surface area contributed by atoms with E-state index in [1.807, 2.05) is 30.3 Å². The van der Waals surface area contributed by atoms with Crippen LogP contribution in [0, 0.1) is 0 Å². The number of hydrogen-bond donors (Lipinski definition) is 3. The van der Waals surface area contributed by atoms with Crippen LogP contribution >= 0.6 is 0 Å². The van der Waals surface area contributed by atoms with E-state index in [2.05, 4.69) is 25.8 Å². The Kier molecular flexibility index (Phi) is 6.94. The molecule has 2 saturated carbocycles. The highest BCUT2D eigenvalue weighted by molar-refractivity contribution is 5.93. The molecule has 0 spiro atoms. The predicted molar refractivity (Wildman–Crippen MR) is 137 cm³/mol. The Bertz CT molecular complexity index is 1420. The van der Waals surface area contributed by atoms with Gasteiger partial charge < -0.3 is 25.4 Å². The highest BCUT2D eigenvalue weighted by atomic mass is 16.5. The maximum Gasteiger partial charge on any atom is 0.278 e. The van der Waals surface area contributed by atoms with Crippen LogP contribution in [0.25, 0.3) is 11.3 Å². The van der Waals surface area contributed by atoms with E-state index >= 15 is 0 Å². The lowest BCUT2D eigenvalue weighted by Crippen LogP contribution is -2.43. The molecular formula is C26H31N9O4. The van der Waals surface area contributed by atoms with E-state index in [4.69, 9.17) is 10.3 Å². The van der Waals surface area contributed by atoms with Gasteiger partial charge >= 0.3 is 0 Å². The highest BCUT2D eigenvalue weighted by Crippen LogP contribution is 2.38. The average molecular weight is 534 g/mol. The number of aliphatic hydroxyl groups is 2. The number of benzene rings is 1. The Morgan fingerprint density at radius 1 is 1.13 bits per heavy atom. The van der Waals surface area contributed by atoms with E-state index < -0.39 is 12.1 Å². The largest absolute Gasteiger partial charge is 0.390 e. The molecule has 13 heteroatoms. The summed E-state index contributed by atoms with van der Waals surface area (Å²) in [6.07, 6.45) is 6.20. The standard InChI is InChI=1S/C26H31N9O4/c27-17-6-7-21(10-17)35-23(13-28-31-35)26(38)34(20-9-8-19(11-20)33-14-18(15-36)29-32-33)25(37)22-12-24(39-30-22)16-4-2-1-3-5-16/h1-5,12-14,17,19-21,26,36,38H,6-11,15,27H2. The minimum atomic E-state index is -1.31. The molecule has 5 atom stereocenters. The molecule has 0 radical (unpaired) electrons. The molecule has 39 heavy (non-hydrogen) atoms. The summed E-state index contributed by atoms with van der Waals surface area (Å²) in [5.41, 5.74) is 7.94. The van der Waals surface area contributed by atoms with Crippen LogP contribution in [0.4, 0.5) is 0 Å². The molecule has 13 nitrogen and oxygen atoms in total. The minimum absolute atomic E-state index is 0.00390. The predicted octanol–water partition coefficient (Wildman–Crippen LogP) is 2.00. The van der Waals surface area contributed by atoms with E-state index in [1.54, 1.807) is 21.6 Å². The van der Waals surface area contributed by atoms with Gasteiger partial charge in [-0.3, -0.25) is 4.79 Å². The number of carbonyl (C=O) groups is 1. The maximum absolute atomic E-state index is 14.0. The van der Waals surface area contributed by atoms with Gasteiger partial charge in [0.2, 0.25) is 0 Å². The van der Waals surface area contributed by atoms with E-state index in [0.717, 1.165) is 31.2 Å². The van der Waals surface area contributed by atoms with Gasteiger partial charge in [0.1, 0.15) is 11.4 Å². The molecule has 2 fully saturated rings. The van der Waals surface area contributed by atoms with Crippen LogP contribution in [0.1, 0.15) is 78.7 Å². The number of nitrogens with two attached hydrogens (primary N) is 1. The van der Waals surface area contributed by atoms with Gasteiger partial charge in [0.25, 0.3) is 5.91 Å². The van der Waals surface area contributed by atoms with Crippen molar-refractivity contribution in [3.63, 3.8) is 0 Å². The minimum Gasteiger partial charge on any atom is -0.390 e. The Balaban J connectivity index is 1.31. The number of aromatic nitrogens is 7. The second kappa shape index (κ2) is 10.7. The molecule has 1 amide bonds. The van der Waals surface area contributed by atoms with Crippen molar-refractivity contribution < 1.29 is 19.5 Å². The van der Waals surface area contributed by atoms with Crippen molar-refractivity contribution in [2.24, 2.45) is 5.73 Å². The molecule has 5 unspecified atom stereocenters. The zero-order valence-electron chi connectivity index (χ0n) is 21.3. The van der Waals surface area contributed by atoms with Gasteiger partial charge in [0.05, 0.1) is 31.1 Å². The Morgan fingerprint density at radius 3 is 2.69 bits per heavy atom. The number of rotatable bonds is 8. The van der Waals surface area contributed by atoms with Crippen molar-refractivity contribution in [1.82, 2.24) is 40.0 Å². The first-order valence-electron chi connectivity index (χ1n) is 13.2. The van der Waals surface area contributed by atoms with Gasteiger partial charge in [0, 0.05) is 23.7 Å². The fourth-order valence-electron chi connectivity index (χ4n) is 5.79. The summed E-state index contributed by atoms with van der Waals surface area (Å²) in [5.74, 6) is 0.00748. The van der Waals surface area contributed by atoms with Gasteiger partial charge in [-0.15, -0.1) is 10.2 Å². The summed E-state index contributed by atoms with van der Waals surface area (Å²) >= 11 is 0. The summed E-state index contributed by atoms with van der Waals surface area (Å²) in [5, 5.41) is 41.6. The van der Waals surface area contributed by atoms with Crippen LogP contribution in [0.2, 0.25) is 0 Å². The van der Waals surface area contributed by atoms with E-state index in [-0.39, 0.29) is 36.5 Å². The van der Waals surface area contributed by atoms with E-state index in [0.29, 0.717) is 30.0 Å². The lowest BCUT2D eigenvalue weighted by Gasteiger charge is -2.33. The average Bonchev–Trinajstić information content (AvgIpc) is 3.79. The number of carbonyl (C=O) groups excluding carboxylic acids is 1. The maximum atomic E-state index is 14.0. The smallest absolute Gasteiger partial charge is 0.278 e. The SMILES string of the molecule is NC1CCC(n2nncc2C(O)N(C(=O)c2cc(-c3ccccc3)on2)C2CCC(n3cc(CO)nn3)C2)C1. The molecule has 0 saturated heterocycles. The molecule has 3 heterocycles. The monoisotopic (exact) mass is 533 g/mol. The van der Waals surface area contributed by atoms with Crippen LogP contribution in [-0.2, 0) is 6.61 Å². The molecule has 3 aromatic heterocycles. The van der Waals surface area contributed by atoms with Crippen molar-refractivity contribution in [2.75, 3.05) is 0 Å². The third-order valence-electron chi connectivity index (χ3n) is 7.81. The van der Waals surface area contributed by atoms with Crippen LogP contribution in [0.15, 0.2) is 53.3 Å². The first-order chi connectivity index (χ1) is 19.0. The van der Waals surface area contributed by atoms with E-state index in [9.17, 15) is 15.0 Å². The lowest BCUT2D eigenvalue weighted by atomic mass is 10.1. The second-order valence-electron chi connectivity index (χ2n) is 10.3. The van der Waals surface area contributed by atoms with Gasteiger partial charge in [-0.2, -0.15) is 0 Å². The van der Waals surface area contributed by atoms with Gasteiger partial charge in [-0.1, -0.05) is 45.9 Å². The molecule has 0 aliphatic heterocycles. The van der Waals surface area contributed by atoms with Crippen molar-refractivity contribution in [1.29, 1.82) is 0 Å². The normalized spacial score (nSPS) is 23.8. The molecule has 4 aromatic rings. The summed E-state index contributed by atoms with van der Waals surface area (Å²) in [7, 11) is 0. The number of hydrogen-bond acceptors (Lipinski definition) is 10. The Labute approximate surface area is 224 Å². The Hall–Kier alpha value is -3.94. The van der Waals surface area contributed by atoms with Gasteiger partial charge in [-0.05, 0) is 38.5 Å². The number of amides is 1. The van der Waals surface area contributed by atoms with Crippen molar-refractivity contribution in [3.05, 3.63) is 65.9 Å². The zero-order valence-corrected chi connectivity index (χ0v) is 21.3.